The SMILES string of the molecule is CC(C)C(Cl)OC(=O)N1CCOC(COc2[c-]cccc2)C1.[CH2-]C.[U+2]. The Bertz CT molecular complexity index is 475. The molecule has 0 spiro atoms. The van der Waals surface area contributed by atoms with Gasteiger partial charge in [-0.2, -0.15) is 25.1 Å². The zero-order valence-electron chi connectivity index (χ0n) is 15.0. The van der Waals surface area contributed by atoms with Crippen LogP contribution < -0.4 is 4.74 Å². The molecule has 0 N–H and O–H groups in total. The molecule has 5 nitrogen and oxygen atoms in total. The molecule has 1 amide bonds. The summed E-state index contributed by atoms with van der Waals surface area (Å²) in [4.78, 5) is 13.7. The van der Waals surface area contributed by atoms with E-state index in [-0.39, 0.29) is 43.1 Å². The van der Waals surface area contributed by atoms with Gasteiger partial charge in [-0.05, 0) is 0 Å². The number of ether oxygens (including phenoxy) is 3. The average molecular weight is 594 g/mol. The van der Waals surface area contributed by atoms with Crippen molar-refractivity contribution in [3.8, 4) is 5.75 Å². The van der Waals surface area contributed by atoms with Gasteiger partial charge in [-0.1, -0.05) is 25.4 Å². The molecule has 1 aromatic carbocycles. The second kappa shape index (κ2) is 13.8. The fraction of sp³-hybridized carbons (Fsp3) is 0.556. The van der Waals surface area contributed by atoms with Crippen LogP contribution in [0.5, 0.6) is 5.75 Å². The molecule has 7 heteroatoms. The quantitative estimate of drug-likeness (QED) is 0.386. The monoisotopic (exact) mass is 593 g/mol. The molecule has 1 heterocycles. The number of morpholine rings is 1. The third-order valence-electron chi connectivity index (χ3n) is 3.24. The molecule has 0 aliphatic carbocycles. The van der Waals surface area contributed by atoms with Crippen molar-refractivity contribution in [1.82, 2.24) is 4.90 Å². The van der Waals surface area contributed by atoms with Crippen LogP contribution in [0, 0.1) is 50.0 Å². The fourth-order valence-electron chi connectivity index (χ4n) is 1.94. The maximum absolute atomic E-state index is 12.0. The van der Waals surface area contributed by atoms with Crippen LogP contribution in [0.2, 0.25) is 0 Å². The molecular formula is C18H26ClNO4U. The molecule has 0 radical (unpaired) electrons. The Balaban J connectivity index is 0.00000185. The Morgan fingerprint density at radius 3 is 2.80 bits per heavy atom. The number of benzene rings is 1. The van der Waals surface area contributed by atoms with Crippen LogP contribution in [-0.4, -0.2) is 49.0 Å². The van der Waals surface area contributed by atoms with Crippen LogP contribution >= 0.6 is 11.6 Å². The number of para-hydroxylation sites is 1. The summed E-state index contributed by atoms with van der Waals surface area (Å²) < 4.78 is 16.4. The van der Waals surface area contributed by atoms with E-state index in [1.807, 2.05) is 32.0 Å². The number of hydrogen-bond donors (Lipinski definition) is 0. The van der Waals surface area contributed by atoms with Gasteiger partial charge < -0.3 is 26.0 Å². The van der Waals surface area contributed by atoms with Gasteiger partial charge in [0, 0.05) is 18.2 Å². The van der Waals surface area contributed by atoms with Crippen LogP contribution in [0.4, 0.5) is 4.79 Å². The first-order chi connectivity index (χ1) is 11.6. The second-order valence-electron chi connectivity index (χ2n) is 5.46. The van der Waals surface area contributed by atoms with E-state index in [0.717, 1.165) is 0 Å². The number of halogens is 1. The molecule has 0 aromatic heterocycles. The second-order valence-corrected chi connectivity index (χ2v) is 5.89. The summed E-state index contributed by atoms with van der Waals surface area (Å²) in [6, 6.07) is 10.3. The van der Waals surface area contributed by atoms with E-state index in [1.54, 1.807) is 17.9 Å². The van der Waals surface area contributed by atoms with Gasteiger partial charge in [0.05, 0.1) is 13.2 Å². The van der Waals surface area contributed by atoms with Gasteiger partial charge in [0.15, 0.2) is 5.56 Å². The van der Waals surface area contributed by atoms with Gasteiger partial charge in [0.25, 0.3) is 0 Å². The van der Waals surface area contributed by atoms with Gasteiger partial charge in [-0.15, -0.1) is 12.1 Å². The molecule has 0 saturated carbocycles. The molecule has 0 bridgehead atoms. The maximum Gasteiger partial charge on any atom is 2.00 e. The van der Waals surface area contributed by atoms with E-state index < -0.39 is 11.7 Å². The molecule has 1 fully saturated rings. The van der Waals surface area contributed by atoms with Gasteiger partial charge in [0.2, 0.25) is 0 Å². The summed E-state index contributed by atoms with van der Waals surface area (Å²) in [6.45, 7) is 10.5. The number of carbonyl (C=O) groups excluding carboxylic acids is 1. The Hall–Kier alpha value is -0.408. The topological polar surface area (TPSA) is 48.0 Å². The zero-order chi connectivity index (χ0) is 17.9. The summed E-state index contributed by atoms with van der Waals surface area (Å²) in [5.41, 5.74) is -0.621. The van der Waals surface area contributed by atoms with Crippen molar-refractivity contribution in [2.45, 2.75) is 32.4 Å². The molecule has 1 aliphatic rings. The Morgan fingerprint density at radius 2 is 2.20 bits per heavy atom. The third-order valence-corrected chi connectivity index (χ3v) is 3.83. The van der Waals surface area contributed by atoms with Crippen LogP contribution in [-0.2, 0) is 9.47 Å². The van der Waals surface area contributed by atoms with E-state index in [1.165, 1.54) is 0 Å². The van der Waals surface area contributed by atoms with Crippen LogP contribution in [0.15, 0.2) is 24.3 Å². The molecule has 1 saturated heterocycles. The van der Waals surface area contributed by atoms with Crippen LogP contribution in [0.1, 0.15) is 20.8 Å². The number of amides is 1. The van der Waals surface area contributed by atoms with E-state index in [2.05, 4.69) is 13.0 Å². The predicted octanol–water partition coefficient (Wildman–Crippen LogP) is 3.76. The molecule has 1 aliphatic heterocycles. The van der Waals surface area contributed by atoms with Crippen molar-refractivity contribution in [3.05, 3.63) is 37.3 Å². The first kappa shape index (κ1) is 24.6. The predicted molar refractivity (Wildman–Crippen MR) is 94.1 cm³/mol. The molecule has 2 atom stereocenters. The first-order valence-electron chi connectivity index (χ1n) is 8.07. The summed E-state index contributed by atoms with van der Waals surface area (Å²) in [5.74, 6) is 0.728. The van der Waals surface area contributed by atoms with Gasteiger partial charge in [-0.25, -0.2) is 4.79 Å². The normalized spacial score (nSPS) is 17.7. The van der Waals surface area contributed by atoms with Crippen molar-refractivity contribution >= 4 is 17.7 Å². The fourth-order valence-corrected chi connectivity index (χ4v) is 2.02. The van der Waals surface area contributed by atoms with Crippen molar-refractivity contribution in [2.75, 3.05) is 26.3 Å². The van der Waals surface area contributed by atoms with Gasteiger partial charge >= 0.3 is 37.2 Å². The van der Waals surface area contributed by atoms with Crippen molar-refractivity contribution in [3.63, 3.8) is 0 Å². The van der Waals surface area contributed by atoms with E-state index >= 15 is 0 Å². The minimum atomic E-state index is -0.621. The largest absolute Gasteiger partial charge is 2.00 e. The number of alkyl halides is 1. The van der Waals surface area contributed by atoms with E-state index in [0.29, 0.717) is 32.1 Å². The van der Waals surface area contributed by atoms with E-state index in [4.69, 9.17) is 25.8 Å². The number of nitrogens with zero attached hydrogens (tertiary/aromatic N) is 1. The number of rotatable bonds is 5. The summed E-state index contributed by atoms with van der Waals surface area (Å²) in [7, 11) is 0. The summed E-state index contributed by atoms with van der Waals surface area (Å²) in [6.07, 6.45) is -0.601. The molecule has 2 rings (SSSR count). The summed E-state index contributed by atoms with van der Waals surface area (Å²) in [5, 5.41) is 0. The third kappa shape index (κ3) is 9.19. The Morgan fingerprint density at radius 1 is 1.48 bits per heavy atom. The minimum absolute atomic E-state index is 0. The molecular weight excluding hydrogens is 568 g/mol. The molecule has 138 valence electrons. The summed E-state index contributed by atoms with van der Waals surface area (Å²) >= 11 is 5.98. The number of hydrogen-bond acceptors (Lipinski definition) is 4. The average Bonchev–Trinajstić information content (AvgIpc) is 2.62. The van der Waals surface area contributed by atoms with Gasteiger partial charge in [0.1, 0.15) is 12.7 Å². The number of carbonyl (C=O) groups is 1. The minimum Gasteiger partial charge on any atom is -0.517 e. The van der Waals surface area contributed by atoms with Gasteiger partial charge in [-0.3, -0.25) is 0 Å². The maximum atomic E-state index is 12.0. The standard InChI is InChI=1S/C16H21ClNO4.C2H5.U/c1-12(2)15(17)22-16(19)18-8-9-20-14(10-18)11-21-13-6-4-3-5-7-13;1-2;/h3-6,12,14-15H,8-11H2,1-2H3;1H2,2H3;/q2*-1;+2. The van der Waals surface area contributed by atoms with Crippen molar-refractivity contribution in [2.24, 2.45) is 5.92 Å². The van der Waals surface area contributed by atoms with Crippen LogP contribution in [0.25, 0.3) is 0 Å². The Labute approximate surface area is 179 Å². The van der Waals surface area contributed by atoms with Crippen LogP contribution in [0.3, 0.4) is 0 Å². The van der Waals surface area contributed by atoms with E-state index in [9.17, 15) is 4.79 Å². The smallest absolute Gasteiger partial charge is 0.517 e. The Kier molecular flexibility index (Phi) is 13.5. The van der Waals surface area contributed by atoms with Crippen molar-refractivity contribution in [1.29, 1.82) is 0 Å². The molecule has 25 heavy (non-hydrogen) atoms. The molecule has 2 unspecified atom stereocenters. The zero-order valence-corrected chi connectivity index (χ0v) is 20.0. The van der Waals surface area contributed by atoms with Crippen molar-refractivity contribution < 1.29 is 50.1 Å². The first-order valence-corrected chi connectivity index (χ1v) is 8.51. The molecule has 1 aromatic rings.